The molecule has 0 spiro atoms. The molecule has 7 aromatic rings. The molecule has 0 N–H and O–H groups in total. The monoisotopic (exact) mass is 594 g/mol. The smallest absolute Gasteiger partial charge is 0.289 e. The van der Waals surface area contributed by atoms with Crippen molar-refractivity contribution in [2.24, 2.45) is 4.99 Å². The van der Waals surface area contributed by atoms with E-state index in [2.05, 4.69) is 4.99 Å². The first kappa shape index (κ1) is 27.3. The number of hydrogen-bond donors (Lipinski definition) is 0. The highest BCUT2D eigenvalue weighted by atomic mass is 19.4. The zero-order valence-corrected chi connectivity index (χ0v) is 22.3. The van der Waals surface area contributed by atoms with Crippen LogP contribution in [0, 0.1) is 11.5 Å². The van der Waals surface area contributed by atoms with Crippen LogP contribution < -0.4 is 10.8 Å². The van der Waals surface area contributed by atoms with E-state index < -0.39 is 28.9 Å². The third-order valence-corrected chi connectivity index (χ3v) is 8.03. The Morgan fingerprint density at radius 3 is 1.59 bits per heavy atom. The van der Waals surface area contributed by atoms with Crippen molar-refractivity contribution >= 4 is 43.1 Å². The fourth-order valence-electron chi connectivity index (χ4n) is 6.21. The van der Waals surface area contributed by atoms with E-state index in [9.17, 15) is 36.4 Å². The first-order chi connectivity index (χ1) is 21.0. The first-order valence-electron chi connectivity index (χ1n) is 13.3. The largest absolute Gasteiger partial charge is 0.417 e. The molecule has 7 aromatic carbocycles. The summed E-state index contributed by atoms with van der Waals surface area (Å²) in [5.74, 6) is 0. The highest BCUT2D eigenvalue weighted by Gasteiger charge is 2.34. The summed E-state index contributed by atoms with van der Waals surface area (Å²) >= 11 is 0. The molecule has 0 unspecified atom stereocenters. The van der Waals surface area contributed by atoms with Gasteiger partial charge in [0.2, 0.25) is 6.19 Å². The van der Waals surface area contributed by atoms with Crippen molar-refractivity contribution in [2.45, 2.75) is 12.4 Å². The van der Waals surface area contributed by atoms with Crippen LogP contribution in [0.3, 0.4) is 0 Å². The van der Waals surface area contributed by atoms with E-state index in [0.29, 0.717) is 37.7 Å². The summed E-state index contributed by atoms with van der Waals surface area (Å²) in [6, 6.07) is 23.0. The molecular weight excluding hydrogens is 578 g/mol. The summed E-state index contributed by atoms with van der Waals surface area (Å²) in [5.41, 5.74) is -1.66. The van der Waals surface area contributed by atoms with Crippen molar-refractivity contribution in [3.8, 4) is 28.4 Å². The molecule has 0 aliphatic heterocycles. The maximum atomic E-state index is 14.0. The Kier molecular flexibility index (Phi) is 5.91. The number of halogens is 6. The molecule has 0 atom stereocenters. The van der Waals surface area contributed by atoms with Crippen LogP contribution in [0.5, 0.6) is 0 Å². The molecule has 0 radical (unpaired) electrons. The van der Waals surface area contributed by atoms with E-state index in [0.717, 1.165) is 12.1 Å². The van der Waals surface area contributed by atoms with Crippen LogP contribution in [0.1, 0.15) is 11.1 Å². The summed E-state index contributed by atoms with van der Waals surface area (Å²) in [6.07, 6.45) is -7.43. The first-order valence-corrected chi connectivity index (χ1v) is 13.3. The van der Waals surface area contributed by atoms with Gasteiger partial charge in [-0.2, -0.15) is 36.6 Å². The molecule has 0 heterocycles. The molecule has 0 amide bonds. The van der Waals surface area contributed by atoms with E-state index in [-0.39, 0.29) is 33.0 Å². The van der Waals surface area contributed by atoms with Gasteiger partial charge in [0.05, 0.1) is 16.5 Å². The minimum atomic E-state index is -4.60. The Hall–Kier alpha value is -5.49. The van der Waals surface area contributed by atoms with Crippen LogP contribution in [0.4, 0.5) is 26.3 Å². The van der Waals surface area contributed by atoms with Crippen molar-refractivity contribution in [1.29, 1.82) is 5.26 Å². The number of hydrogen-bond acceptors (Lipinski definition) is 3. The fourth-order valence-corrected chi connectivity index (χ4v) is 6.21. The van der Waals surface area contributed by atoms with E-state index >= 15 is 0 Å². The lowest BCUT2D eigenvalue weighted by Crippen LogP contribution is -2.07. The molecule has 3 nitrogen and oxygen atoms in total. The Morgan fingerprint density at radius 1 is 0.545 bits per heavy atom. The normalized spacial score (nSPS) is 13.0. The van der Waals surface area contributed by atoms with Crippen LogP contribution >= 0.6 is 0 Å². The molecule has 0 aliphatic carbocycles. The molecule has 7 rings (SSSR count). The van der Waals surface area contributed by atoms with Gasteiger partial charge >= 0.3 is 12.4 Å². The van der Waals surface area contributed by atoms with Crippen molar-refractivity contribution in [2.75, 3.05) is 0 Å². The zero-order chi connectivity index (χ0) is 31.0. The van der Waals surface area contributed by atoms with Gasteiger partial charge in [-0.15, -0.1) is 0 Å². The Bertz CT molecular complexity index is 2460. The quantitative estimate of drug-likeness (QED) is 0.148. The summed E-state index contributed by atoms with van der Waals surface area (Å²) in [6.45, 7) is 0. The third-order valence-electron chi connectivity index (χ3n) is 8.03. The highest BCUT2D eigenvalue weighted by molar-refractivity contribution is 6.28. The fraction of sp³-hybridized carbons (Fsp3) is 0.0571. The summed E-state index contributed by atoms with van der Waals surface area (Å²) in [7, 11) is 0. The predicted molar refractivity (Wildman–Crippen MR) is 157 cm³/mol. The maximum absolute atomic E-state index is 14.0. The number of fused-ring (bicyclic) bond motifs is 7. The van der Waals surface area contributed by atoms with E-state index in [1.165, 1.54) is 54.6 Å². The van der Waals surface area contributed by atoms with Crippen molar-refractivity contribution in [3.05, 3.63) is 124 Å². The SMILES string of the molecule is N#C/N=c1\c2cc(-c3ccccc3C(F)(F)F)ccc2c2c1ccc1c3ccc(-c4ccccc4C(F)(F)F)cc3c(=O)c12. The Balaban J connectivity index is 1.53. The second kappa shape index (κ2) is 9.51. The van der Waals surface area contributed by atoms with Crippen LogP contribution in [0.25, 0.3) is 65.3 Å². The van der Waals surface area contributed by atoms with Gasteiger partial charge in [-0.05, 0) is 62.7 Å². The van der Waals surface area contributed by atoms with E-state index in [1.807, 2.05) is 0 Å². The van der Waals surface area contributed by atoms with Crippen LogP contribution in [-0.2, 0) is 12.4 Å². The van der Waals surface area contributed by atoms with Crippen LogP contribution in [0.15, 0.2) is 107 Å². The number of nitrogens with zero attached hydrogens (tertiary/aromatic N) is 2. The molecule has 44 heavy (non-hydrogen) atoms. The lowest BCUT2D eigenvalue weighted by molar-refractivity contribution is -0.137. The molecule has 0 aromatic heterocycles. The highest BCUT2D eigenvalue weighted by Crippen LogP contribution is 2.41. The van der Waals surface area contributed by atoms with Crippen molar-refractivity contribution in [1.82, 2.24) is 0 Å². The summed E-state index contributed by atoms with van der Waals surface area (Å²) in [4.78, 5) is 18.0. The molecule has 0 aliphatic rings. The van der Waals surface area contributed by atoms with Crippen molar-refractivity contribution in [3.63, 3.8) is 0 Å². The Morgan fingerprint density at radius 2 is 1.02 bits per heavy atom. The average molecular weight is 595 g/mol. The number of benzene rings is 5. The second-order valence-corrected chi connectivity index (χ2v) is 10.4. The Labute approximate surface area is 244 Å². The lowest BCUT2D eigenvalue weighted by Gasteiger charge is -2.13. The second-order valence-electron chi connectivity index (χ2n) is 10.4. The topological polar surface area (TPSA) is 53.2 Å². The third kappa shape index (κ3) is 4.06. The van der Waals surface area contributed by atoms with Gasteiger partial charge < -0.3 is 0 Å². The lowest BCUT2D eigenvalue weighted by atomic mass is 9.97. The number of rotatable bonds is 2. The molecule has 0 fully saturated rings. The van der Waals surface area contributed by atoms with E-state index in [1.54, 1.807) is 36.5 Å². The molecule has 0 bridgehead atoms. The average Bonchev–Trinajstić information content (AvgIpc) is 3.47. The van der Waals surface area contributed by atoms with E-state index in [4.69, 9.17) is 0 Å². The minimum Gasteiger partial charge on any atom is -0.289 e. The molecular formula is C35H16F6N2O. The summed E-state index contributed by atoms with van der Waals surface area (Å²) in [5, 5.41) is 13.2. The van der Waals surface area contributed by atoms with Gasteiger partial charge in [0.1, 0.15) is 0 Å². The zero-order valence-electron chi connectivity index (χ0n) is 22.3. The van der Waals surface area contributed by atoms with Gasteiger partial charge in [-0.25, -0.2) is 0 Å². The van der Waals surface area contributed by atoms with Gasteiger partial charge in [0, 0.05) is 26.9 Å². The molecule has 0 saturated carbocycles. The van der Waals surface area contributed by atoms with Gasteiger partial charge in [0.15, 0.2) is 5.43 Å². The number of nitriles is 1. The molecule has 214 valence electrons. The molecule has 0 saturated heterocycles. The standard InChI is InChI=1S/C35H16F6N2O/c36-34(37,38)28-7-3-1-5-20(28)18-10-12-24-26(15-18)32(43-17-42)25-14-13-23-22-11-9-19(16-27(22)33(44)31(23)30(24)25)21-6-2-4-8-29(21)35(39,40)41/h1-16H/b43-32-. The molecule has 9 heteroatoms. The number of alkyl halides is 6. The minimum absolute atomic E-state index is 0.0459. The van der Waals surface area contributed by atoms with Gasteiger partial charge in [-0.3, -0.25) is 4.79 Å². The summed E-state index contributed by atoms with van der Waals surface area (Å²) < 4.78 is 82.7. The van der Waals surface area contributed by atoms with Gasteiger partial charge in [-0.1, -0.05) is 72.8 Å². The maximum Gasteiger partial charge on any atom is 0.417 e. The van der Waals surface area contributed by atoms with Crippen molar-refractivity contribution < 1.29 is 26.3 Å². The van der Waals surface area contributed by atoms with Crippen LogP contribution in [0.2, 0.25) is 0 Å². The predicted octanol–water partition coefficient (Wildman–Crippen LogP) is 9.29. The van der Waals surface area contributed by atoms with Crippen LogP contribution in [-0.4, -0.2) is 0 Å². The van der Waals surface area contributed by atoms with Gasteiger partial charge in [0.25, 0.3) is 0 Å².